The monoisotopic (exact) mass is 547 g/mol. The Morgan fingerprint density at radius 1 is 1.08 bits per heavy atom. The summed E-state index contributed by atoms with van der Waals surface area (Å²) in [7, 11) is 0. The number of rotatable bonds is 6. The molecule has 0 aliphatic rings. The van der Waals surface area contributed by atoms with Crippen molar-refractivity contribution in [1.29, 1.82) is 0 Å². The third-order valence-electron chi connectivity index (χ3n) is 5.87. The highest BCUT2D eigenvalue weighted by Gasteiger charge is 2.16. The standard InChI is InChI=1S/C28H22ClN3O5S/c1-3-36-28(35)30-18-9-11-20-17(12-25(33)37-24(20)13-18)15-38-27-31-23-7-5-4-6-21(23)26(34)32(27)19-10-8-16(2)22(29)14-19/h4-14H,3,15H2,1-2H3,(H,30,35). The summed E-state index contributed by atoms with van der Waals surface area (Å²) >= 11 is 7.70. The Kier molecular flexibility index (Phi) is 7.22. The number of anilines is 1. The number of carbonyl (C=O) groups excluding carboxylic acids is 1. The number of halogens is 1. The van der Waals surface area contributed by atoms with Crippen LogP contribution in [0.2, 0.25) is 5.02 Å². The Morgan fingerprint density at radius 2 is 1.89 bits per heavy atom. The first-order valence-corrected chi connectivity index (χ1v) is 13.1. The number of carbonyl (C=O) groups is 1. The number of nitrogens with zero attached hydrogens (tertiary/aromatic N) is 2. The van der Waals surface area contributed by atoms with Crippen LogP contribution in [0.25, 0.3) is 27.6 Å². The molecule has 0 saturated heterocycles. The lowest BCUT2D eigenvalue weighted by Crippen LogP contribution is -2.21. The number of nitrogens with one attached hydrogen (secondary N) is 1. The van der Waals surface area contributed by atoms with Crippen LogP contribution in [0, 0.1) is 6.92 Å². The minimum Gasteiger partial charge on any atom is -0.450 e. The van der Waals surface area contributed by atoms with E-state index in [1.54, 1.807) is 49.4 Å². The van der Waals surface area contributed by atoms with Crippen molar-refractivity contribution in [3.05, 3.63) is 104 Å². The number of hydrogen-bond donors (Lipinski definition) is 1. The summed E-state index contributed by atoms with van der Waals surface area (Å²) in [6.45, 7) is 3.84. The number of benzene rings is 3. The summed E-state index contributed by atoms with van der Waals surface area (Å²) in [5.74, 6) is 0.330. The molecule has 3 aromatic carbocycles. The molecule has 0 unspecified atom stereocenters. The number of thioether (sulfide) groups is 1. The van der Waals surface area contributed by atoms with Gasteiger partial charge in [0.1, 0.15) is 5.58 Å². The number of aromatic nitrogens is 2. The molecule has 0 saturated carbocycles. The average molecular weight is 548 g/mol. The fourth-order valence-electron chi connectivity index (χ4n) is 4.01. The van der Waals surface area contributed by atoms with Gasteiger partial charge in [-0.3, -0.25) is 14.7 Å². The van der Waals surface area contributed by atoms with E-state index >= 15 is 0 Å². The molecule has 38 heavy (non-hydrogen) atoms. The zero-order valence-corrected chi connectivity index (χ0v) is 22.1. The third kappa shape index (κ3) is 5.16. The Balaban J connectivity index is 1.55. The minimum absolute atomic E-state index is 0.217. The number of para-hydroxylation sites is 1. The first-order chi connectivity index (χ1) is 18.3. The van der Waals surface area contributed by atoms with Gasteiger partial charge < -0.3 is 9.15 Å². The highest BCUT2D eigenvalue weighted by Crippen LogP contribution is 2.29. The maximum absolute atomic E-state index is 13.6. The van der Waals surface area contributed by atoms with E-state index in [-0.39, 0.29) is 12.2 Å². The average Bonchev–Trinajstić information content (AvgIpc) is 2.89. The van der Waals surface area contributed by atoms with Crippen molar-refractivity contribution in [2.45, 2.75) is 24.8 Å². The quantitative estimate of drug-likeness (QED) is 0.151. The van der Waals surface area contributed by atoms with Crippen LogP contribution in [0.1, 0.15) is 18.1 Å². The van der Waals surface area contributed by atoms with Gasteiger partial charge in [-0.25, -0.2) is 14.6 Å². The topological polar surface area (TPSA) is 103 Å². The van der Waals surface area contributed by atoms with Crippen LogP contribution >= 0.6 is 23.4 Å². The summed E-state index contributed by atoms with van der Waals surface area (Å²) in [4.78, 5) is 42.5. The van der Waals surface area contributed by atoms with E-state index in [1.807, 2.05) is 25.1 Å². The largest absolute Gasteiger partial charge is 0.450 e. The van der Waals surface area contributed by atoms with Gasteiger partial charge in [0.25, 0.3) is 5.56 Å². The van der Waals surface area contributed by atoms with Crippen LogP contribution in [0.3, 0.4) is 0 Å². The van der Waals surface area contributed by atoms with Crippen molar-refractivity contribution >= 4 is 57.0 Å². The van der Waals surface area contributed by atoms with E-state index in [4.69, 9.17) is 25.7 Å². The molecule has 0 aliphatic heterocycles. The Morgan fingerprint density at radius 3 is 2.68 bits per heavy atom. The molecule has 0 bridgehead atoms. The molecule has 10 heteroatoms. The molecule has 2 heterocycles. The van der Waals surface area contributed by atoms with Crippen molar-refractivity contribution < 1.29 is 13.9 Å². The Hall–Kier alpha value is -4.08. The molecular formula is C28H22ClN3O5S. The van der Waals surface area contributed by atoms with Crippen LogP contribution in [-0.2, 0) is 10.5 Å². The normalized spacial score (nSPS) is 11.1. The lowest BCUT2D eigenvalue weighted by molar-refractivity contribution is 0.168. The van der Waals surface area contributed by atoms with Crippen LogP contribution in [0.4, 0.5) is 10.5 Å². The molecule has 1 amide bonds. The number of hydrogen-bond acceptors (Lipinski definition) is 7. The summed E-state index contributed by atoms with van der Waals surface area (Å²) in [5, 5.41) is 4.78. The van der Waals surface area contributed by atoms with Crippen LogP contribution in [0.15, 0.2) is 85.9 Å². The maximum Gasteiger partial charge on any atom is 0.411 e. The summed E-state index contributed by atoms with van der Waals surface area (Å²) in [5.41, 5.74) is 2.76. The molecule has 8 nitrogen and oxygen atoms in total. The molecule has 5 aromatic rings. The summed E-state index contributed by atoms with van der Waals surface area (Å²) in [6.07, 6.45) is -0.600. The lowest BCUT2D eigenvalue weighted by Gasteiger charge is -2.14. The highest BCUT2D eigenvalue weighted by atomic mass is 35.5. The van der Waals surface area contributed by atoms with Crippen LogP contribution < -0.4 is 16.5 Å². The maximum atomic E-state index is 13.6. The molecule has 2 aromatic heterocycles. The number of aryl methyl sites for hydroxylation is 1. The van der Waals surface area contributed by atoms with E-state index in [0.29, 0.717) is 54.7 Å². The molecule has 0 aliphatic carbocycles. The third-order valence-corrected chi connectivity index (χ3v) is 7.26. The smallest absolute Gasteiger partial charge is 0.411 e. The van der Waals surface area contributed by atoms with E-state index in [2.05, 4.69) is 5.32 Å². The van der Waals surface area contributed by atoms with E-state index in [1.165, 1.54) is 22.4 Å². The van der Waals surface area contributed by atoms with Gasteiger partial charge >= 0.3 is 11.7 Å². The van der Waals surface area contributed by atoms with E-state index in [9.17, 15) is 14.4 Å². The van der Waals surface area contributed by atoms with Crippen molar-refractivity contribution in [2.75, 3.05) is 11.9 Å². The second kappa shape index (κ2) is 10.7. The van der Waals surface area contributed by atoms with E-state index < -0.39 is 11.7 Å². The zero-order chi connectivity index (χ0) is 26.8. The first kappa shape index (κ1) is 25.6. The molecule has 0 atom stereocenters. The summed E-state index contributed by atoms with van der Waals surface area (Å²) in [6, 6.07) is 19.0. The van der Waals surface area contributed by atoms with Gasteiger partial charge in [0.05, 0.1) is 23.2 Å². The zero-order valence-electron chi connectivity index (χ0n) is 20.5. The highest BCUT2D eigenvalue weighted by molar-refractivity contribution is 7.98. The second-order valence-electron chi connectivity index (χ2n) is 8.42. The second-order valence-corrected chi connectivity index (χ2v) is 9.77. The fourth-order valence-corrected chi connectivity index (χ4v) is 5.19. The predicted octanol–water partition coefficient (Wildman–Crippen LogP) is 6.31. The number of ether oxygens (including phenoxy) is 1. The Bertz CT molecular complexity index is 1820. The van der Waals surface area contributed by atoms with Gasteiger partial charge in [0.15, 0.2) is 5.16 Å². The molecule has 1 N–H and O–H groups in total. The molecule has 0 fully saturated rings. The molecule has 5 rings (SSSR count). The predicted molar refractivity (Wildman–Crippen MR) is 150 cm³/mol. The van der Waals surface area contributed by atoms with Crippen molar-refractivity contribution in [2.24, 2.45) is 0 Å². The van der Waals surface area contributed by atoms with E-state index in [0.717, 1.165) is 5.56 Å². The van der Waals surface area contributed by atoms with Crippen molar-refractivity contribution in [1.82, 2.24) is 9.55 Å². The van der Waals surface area contributed by atoms with Gasteiger partial charge in [-0.1, -0.05) is 41.6 Å². The molecule has 0 spiro atoms. The SMILES string of the molecule is CCOC(=O)Nc1ccc2c(CSc3nc4ccccc4c(=O)n3-c3ccc(C)c(Cl)c3)cc(=O)oc2c1. The number of amides is 1. The molecule has 192 valence electrons. The van der Waals surface area contributed by atoms with Gasteiger partial charge in [-0.15, -0.1) is 0 Å². The van der Waals surface area contributed by atoms with Gasteiger partial charge in [0.2, 0.25) is 0 Å². The molecule has 0 radical (unpaired) electrons. The minimum atomic E-state index is -0.600. The summed E-state index contributed by atoms with van der Waals surface area (Å²) < 4.78 is 11.8. The first-order valence-electron chi connectivity index (χ1n) is 11.8. The molecular weight excluding hydrogens is 526 g/mol. The lowest BCUT2D eigenvalue weighted by atomic mass is 10.1. The fraction of sp³-hybridized carbons (Fsp3) is 0.143. The van der Waals surface area contributed by atoms with Gasteiger partial charge in [0, 0.05) is 34.0 Å². The van der Waals surface area contributed by atoms with Crippen molar-refractivity contribution in [3.8, 4) is 5.69 Å². The van der Waals surface area contributed by atoms with Gasteiger partial charge in [-0.05, 0) is 61.4 Å². The van der Waals surface area contributed by atoms with Crippen LogP contribution in [-0.4, -0.2) is 22.3 Å². The van der Waals surface area contributed by atoms with Crippen LogP contribution in [0.5, 0.6) is 0 Å². The van der Waals surface area contributed by atoms with Gasteiger partial charge in [-0.2, -0.15) is 0 Å². The van der Waals surface area contributed by atoms with Crippen molar-refractivity contribution in [3.63, 3.8) is 0 Å². The number of fused-ring (bicyclic) bond motifs is 2. The Labute approximate surface area is 226 Å².